The minimum atomic E-state index is -3.42. The first-order valence-corrected chi connectivity index (χ1v) is 6.39. The number of carboxylic acids is 1. The van der Waals surface area contributed by atoms with Crippen LogP contribution in [-0.2, 0) is 10.0 Å². The third-order valence-corrected chi connectivity index (χ3v) is 4.36. The van der Waals surface area contributed by atoms with Gasteiger partial charge in [-0.15, -0.1) is 0 Å². The number of rotatable bonds is 4. The number of nitrogens with one attached hydrogen (secondary N) is 2. The summed E-state index contributed by atoms with van der Waals surface area (Å²) in [6.07, 6.45) is 2.64. The highest BCUT2D eigenvalue weighted by Crippen LogP contribution is 2.31. The van der Waals surface area contributed by atoms with E-state index in [1.165, 1.54) is 6.20 Å². The maximum absolute atomic E-state index is 11.6. The van der Waals surface area contributed by atoms with Gasteiger partial charge in [0, 0.05) is 11.9 Å². The highest BCUT2D eigenvalue weighted by atomic mass is 32.2. The Balaban J connectivity index is 2.31. The van der Waals surface area contributed by atoms with Crippen LogP contribution in [0, 0.1) is 6.92 Å². The molecule has 0 aliphatic heterocycles. The summed E-state index contributed by atoms with van der Waals surface area (Å²) >= 11 is 0. The van der Waals surface area contributed by atoms with E-state index < -0.39 is 16.0 Å². The Hall–Kier alpha value is -1.50. The van der Waals surface area contributed by atoms with Crippen LogP contribution in [0.4, 0.5) is 5.69 Å². The second-order valence-electron chi connectivity index (χ2n) is 3.85. The van der Waals surface area contributed by atoms with Crippen LogP contribution in [0.15, 0.2) is 6.20 Å². The molecule has 1 aliphatic rings. The smallest absolute Gasteiger partial charge is 0.339 e. The number of hydrogen-bond acceptors (Lipinski definition) is 3. The maximum Gasteiger partial charge on any atom is 0.339 e. The zero-order valence-corrected chi connectivity index (χ0v) is 9.47. The first-order valence-electron chi connectivity index (χ1n) is 4.84. The van der Waals surface area contributed by atoms with Crippen molar-refractivity contribution in [1.29, 1.82) is 0 Å². The summed E-state index contributed by atoms with van der Waals surface area (Å²) < 4.78 is 25.6. The predicted molar refractivity (Wildman–Crippen MR) is 58.1 cm³/mol. The molecule has 0 atom stereocenters. The van der Waals surface area contributed by atoms with E-state index in [9.17, 15) is 13.2 Å². The van der Waals surface area contributed by atoms with Crippen LogP contribution in [0.5, 0.6) is 0 Å². The molecule has 0 unspecified atom stereocenters. The Morgan fingerprint density at radius 2 is 2.19 bits per heavy atom. The molecular weight excluding hydrogens is 232 g/mol. The van der Waals surface area contributed by atoms with Gasteiger partial charge in [0.05, 0.1) is 10.9 Å². The molecule has 1 aromatic heterocycles. The van der Waals surface area contributed by atoms with Crippen molar-refractivity contribution in [3.8, 4) is 0 Å². The van der Waals surface area contributed by atoms with Crippen molar-refractivity contribution in [3.05, 3.63) is 17.5 Å². The van der Waals surface area contributed by atoms with Crippen LogP contribution in [0.2, 0.25) is 0 Å². The van der Waals surface area contributed by atoms with Gasteiger partial charge in [0.1, 0.15) is 5.56 Å². The molecule has 1 saturated carbocycles. The van der Waals surface area contributed by atoms with Gasteiger partial charge in [-0.25, -0.2) is 13.2 Å². The molecule has 0 bridgehead atoms. The van der Waals surface area contributed by atoms with Gasteiger partial charge >= 0.3 is 5.97 Å². The van der Waals surface area contributed by atoms with Crippen molar-refractivity contribution in [2.75, 3.05) is 4.72 Å². The number of H-pyrrole nitrogens is 1. The van der Waals surface area contributed by atoms with E-state index in [0.29, 0.717) is 18.5 Å². The average molecular weight is 244 g/mol. The summed E-state index contributed by atoms with van der Waals surface area (Å²) in [5.74, 6) is -1.15. The van der Waals surface area contributed by atoms with Crippen molar-refractivity contribution in [2.45, 2.75) is 25.0 Å². The summed E-state index contributed by atoms with van der Waals surface area (Å²) in [4.78, 5) is 13.6. The Bertz CT molecular complexity index is 528. The summed E-state index contributed by atoms with van der Waals surface area (Å²) in [6, 6.07) is 0. The average Bonchev–Trinajstić information content (AvgIpc) is 2.92. The number of carbonyl (C=O) groups is 1. The molecule has 0 radical (unpaired) electrons. The fourth-order valence-electron chi connectivity index (χ4n) is 1.50. The number of sulfonamides is 1. The lowest BCUT2D eigenvalue weighted by molar-refractivity contribution is 0.0697. The topological polar surface area (TPSA) is 99.3 Å². The monoisotopic (exact) mass is 244 g/mol. The van der Waals surface area contributed by atoms with Gasteiger partial charge in [0.2, 0.25) is 10.0 Å². The van der Waals surface area contributed by atoms with Gasteiger partial charge in [-0.05, 0) is 19.8 Å². The van der Waals surface area contributed by atoms with E-state index >= 15 is 0 Å². The minimum Gasteiger partial charge on any atom is -0.478 e. The normalized spacial score (nSPS) is 16.1. The summed E-state index contributed by atoms with van der Waals surface area (Å²) in [6.45, 7) is 1.58. The van der Waals surface area contributed by atoms with Crippen molar-refractivity contribution in [2.24, 2.45) is 0 Å². The van der Waals surface area contributed by atoms with Gasteiger partial charge in [-0.3, -0.25) is 4.72 Å². The largest absolute Gasteiger partial charge is 0.478 e. The summed E-state index contributed by atoms with van der Waals surface area (Å²) in [5, 5.41) is 8.56. The molecule has 1 aromatic rings. The molecule has 6 nitrogen and oxygen atoms in total. The molecular formula is C9H12N2O4S. The molecule has 1 fully saturated rings. The highest BCUT2D eigenvalue weighted by molar-refractivity contribution is 7.93. The van der Waals surface area contributed by atoms with Gasteiger partial charge in [0.25, 0.3) is 0 Å². The van der Waals surface area contributed by atoms with Crippen LogP contribution < -0.4 is 4.72 Å². The summed E-state index contributed by atoms with van der Waals surface area (Å²) in [5.41, 5.74) is 0.516. The van der Waals surface area contributed by atoms with Crippen molar-refractivity contribution in [3.63, 3.8) is 0 Å². The predicted octanol–water partition coefficient (Wildman–Crippen LogP) is 0.925. The van der Waals surface area contributed by atoms with E-state index in [4.69, 9.17) is 5.11 Å². The minimum absolute atomic E-state index is 0.0239. The van der Waals surface area contributed by atoms with Crippen molar-refractivity contribution >= 4 is 21.7 Å². The molecule has 0 saturated heterocycles. The van der Waals surface area contributed by atoms with Gasteiger partial charge in [0.15, 0.2) is 0 Å². The molecule has 16 heavy (non-hydrogen) atoms. The number of aryl methyl sites for hydroxylation is 1. The fraction of sp³-hybridized carbons (Fsp3) is 0.444. The molecule has 3 N–H and O–H groups in total. The third-order valence-electron chi connectivity index (χ3n) is 2.51. The number of aromatic nitrogens is 1. The quantitative estimate of drug-likeness (QED) is 0.733. The molecule has 0 spiro atoms. The van der Waals surface area contributed by atoms with E-state index in [2.05, 4.69) is 9.71 Å². The molecule has 7 heteroatoms. The SMILES string of the molecule is Cc1[nH]cc(NS(=O)(=O)C2CC2)c1C(=O)O. The zero-order valence-electron chi connectivity index (χ0n) is 8.65. The van der Waals surface area contributed by atoms with Gasteiger partial charge in [-0.2, -0.15) is 0 Å². The first kappa shape index (κ1) is 11.0. The molecule has 1 aliphatic carbocycles. The van der Waals surface area contributed by atoms with Crippen LogP contribution in [0.3, 0.4) is 0 Å². The van der Waals surface area contributed by atoms with Crippen LogP contribution >= 0.6 is 0 Å². The third kappa shape index (κ3) is 1.90. The lowest BCUT2D eigenvalue weighted by Gasteiger charge is -2.05. The van der Waals surface area contributed by atoms with Crippen LogP contribution in [0.25, 0.3) is 0 Å². The Kier molecular flexibility index (Phi) is 2.42. The fourth-order valence-corrected chi connectivity index (χ4v) is 2.89. The lowest BCUT2D eigenvalue weighted by atomic mass is 10.2. The molecule has 0 aromatic carbocycles. The number of carboxylic acid groups (broad SMARTS) is 1. The zero-order chi connectivity index (χ0) is 11.9. The number of anilines is 1. The second-order valence-corrected chi connectivity index (χ2v) is 5.81. The standard InChI is InChI=1S/C9H12N2O4S/c1-5-8(9(12)13)7(4-10-5)11-16(14,15)6-2-3-6/h4,6,10-11H,2-3H2,1H3,(H,12,13). The Morgan fingerprint density at radius 3 is 2.69 bits per heavy atom. The molecule has 0 amide bonds. The second kappa shape index (κ2) is 3.51. The number of aromatic amines is 1. The Morgan fingerprint density at radius 1 is 1.56 bits per heavy atom. The van der Waals surface area contributed by atoms with E-state index in [1.54, 1.807) is 6.92 Å². The highest BCUT2D eigenvalue weighted by Gasteiger charge is 2.36. The number of aromatic carboxylic acids is 1. The molecule has 1 heterocycles. The van der Waals surface area contributed by atoms with Crippen molar-refractivity contribution < 1.29 is 18.3 Å². The Labute approximate surface area is 92.7 Å². The van der Waals surface area contributed by atoms with Gasteiger partial charge < -0.3 is 10.1 Å². The maximum atomic E-state index is 11.6. The lowest BCUT2D eigenvalue weighted by Crippen LogP contribution is -2.18. The van der Waals surface area contributed by atoms with Gasteiger partial charge in [-0.1, -0.05) is 0 Å². The summed E-state index contributed by atoms with van der Waals surface area (Å²) in [7, 11) is -3.42. The van der Waals surface area contributed by atoms with E-state index in [0.717, 1.165) is 0 Å². The van der Waals surface area contributed by atoms with Crippen molar-refractivity contribution in [1.82, 2.24) is 4.98 Å². The molecule has 2 rings (SSSR count). The van der Waals surface area contributed by atoms with E-state index in [1.807, 2.05) is 0 Å². The number of hydrogen-bond donors (Lipinski definition) is 3. The van der Waals surface area contributed by atoms with Crippen LogP contribution in [-0.4, -0.2) is 29.7 Å². The molecule has 88 valence electrons. The first-order chi connectivity index (χ1) is 7.42. The van der Waals surface area contributed by atoms with E-state index in [-0.39, 0.29) is 16.5 Å². The van der Waals surface area contributed by atoms with Crippen LogP contribution in [0.1, 0.15) is 28.9 Å².